The summed E-state index contributed by atoms with van der Waals surface area (Å²) in [6.45, 7) is 0.314. The molecule has 3 aromatic carbocycles. The zero-order chi connectivity index (χ0) is 25.9. The molecule has 0 bridgehead atoms. The maximum Gasteiger partial charge on any atom is 0.255 e. The van der Waals surface area contributed by atoms with Gasteiger partial charge >= 0.3 is 0 Å². The fraction of sp³-hybridized carbons (Fsp3) is 0.276. The number of rotatable bonds is 7. The predicted octanol–water partition coefficient (Wildman–Crippen LogP) is 4.44. The molecule has 5 rings (SSSR count). The highest BCUT2D eigenvalue weighted by molar-refractivity contribution is 6.06. The molecule has 3 aromatic rings. The first-order valence-electron chi connectivity index (χ1n) is 12.3. The summed E-state index contributed by atoms with van der Waals surface area (Å²) in [7, 11) is 2.96. The van der Waals surface area contributed by atoms with Crippen molar-refractivity contribution in [2.75, 3.05) is 36.3 Å². The van der Waals surface area contributed by atoms with Gasteiger partial charge in [-0.3, -0.25) is 14.4 Å². The van der Waals surface area contributed by atoms with E-state index in [0.717, 1.165) is 24.9 Å². The van der Waals surface area contributed by atoms with E-state index in [1.165, 1.54) is 25.3 Å². The Bertz CT molecular complexity index is 1360. The SMILES string of the molecule is COc1cc(NC(=O)C2CC(=O)N(c3ccc4c(c3)CCC4)C2)c(OC)cc1NC(=O)c1ccccc1. The first-order valence-corrected chi connectivity index (χ1v) is 12.3. The normalized spacial score (nSPS) is 16.3. The fourth-order valence-corrected chi connectivity index (χ4v) is 4.97. The van der Waals surface area contributed by atoms with E-state index in [0.29, 0.717) is 35.0 Å². The summed E-state index contributed by atoms with van der Waals surface area (Å²) < 4.78 is 11.0. The molecule has 1 saturated heterocycles. The van der Waals surface area contributed by atoms with E-state index in [9.17, 15) is 14.4 Å². The van der Waals surface area contributed by atoms with Crippen LogP contribution in [0.4, 0.5) is 17.1 Å². The van der Waals surface area contributed by atoms with Gasteiger partial charge in [-0.25, -0.2) is 0 Å². The molecule has 37 heavy (non-hydrogen) atoms. The molecule has 0 spiro atoms. The number of methoxy groups -OCH3 is 2. The lowest BCUT2D eigenvalue weighted by atomic mass is 10.1. The molecule has 1 aliphatic heterocycles. The van der Waals surface area contributed by atoms with Gasteiger partial charge in [0.2, 0.25) is 11.8 Å². The number of amides is 3. The average Bonchev–Trinajstić information content (AvgIpc) is 3.55. The Morgan fingerprint density at radius 3 is 2.24 bits per heavy atom. The van der Waals surface area contributed by atoms with Crippen LogP contribution in [0, 0.1) is 5.92 Å². The van der Waals surface area contributed by atoms with Crippen LogP contribution in [0.3, 0.4) is 0 Å². The van der Waals surface area contributed by atoms with E-state index in [1.807, 2.05) is 12.1 Å². The third-order valence-electron chi connectivity index (χ3n) is 6.95. The lowest BCUT2D eigenvalue weighted by molar-refractivity contribution is -0.122. The second kappa shape index (κ2) is 10.3. The zero-order valence-corrected chi connectivity index (χ0v) is 20.9. The number of hydrogen-bond donors (Lipinski definition) is 2. The second-order valence-corrected chi connectivity index (χ2v) is 9.27. The van der Waals surface area contributed by atoms with Crippen LogP contribution in [0.2, 0.25) is 0 Å². The summed E-state index contributed by atoms with van der Waals surface area (Å²) in [6, 6.07) is 18.2. The van der Waals surface area contributed by atoms with Crippen LogP contribution in [0.25, 0.3) is 0 Å². The minimum Gasteiger partial charge on any atom is -0.494 e. The number of fused-ring (bicyclic) bond motifs is 1. The molecule has 0 radical (unpaired) electrons. The van der Waals surface area contributed by atoms with E-state index >= 15 is 0 Å². The van der Waals surface area contributed by atoms with Crippen molar-refractivity contribution in [1.29, 1.82) is 0 Å². The monoisotopic (exact) mass is 499 g/mol. The molecule has 190 valence electrons. The number of aryl methyl sites for hydroxylation is 2. The van der Waals surface area contributed by atoms with Gasteiger partial charge < -0.3 is 25.0 Å². The highest BCUT2D eigenvalue weighted by Gasteiger charge is 2.36. The van der Waals surface area contributed by atoms with Crippen LogP contribution in [0.1, 0.15) is 34.3 Å². The zero-order valence-electron chi connectivity index (χ0n) is 20.9. The Kier molecular flexibility index (Phi) is 6.81. The first-order chi connectivity index (χ1) is 18.0. The second-order valence-electron chi connectivity index (χ2n) is 9.27. The Labute approximate surface area is 215 Å². The Balaban J connectivity index is 1.31. The highest BCUT2D eigenvalue weighted by Crippen LogP contribution is 2.38. The first kappa shape index (κ1) is 24.4. The van der Waals surface area contributed by atoms with Crippen LogP contribution < -0.4 is 25.0 Å². The summed E-state index contributed by atoms with van der Waals surface area (Å²) in [5.41, 5.74) is 4.78. The molecule has 2 aliphatic rings. The van der Waals surface area contributed by atoms with Gasteiger partial charge in [0, 0.05) is 36.3 Å². The summed E-state index contributed by atoms with van der Waals surface area (Å²) in [5, 5.41) is 5.72. The van der Waals surface area contributed by atoms with Crippen LogP contribution in [-0.4, -0.2) is 38.5 Å². The molecule has 0 aromatic heterocycles. The Morgan fingerprint density at radius 2 is 1.54 bits per heavy atom. The number of anilines is 3. The molecule has 8 nitrogen and oxygen atoms in total. The van der Waals surface area contributed by atoms with Crippen molar-refractivity contribution in [2.45, 2.75) is 25.7 Å². The topological polar surface area (TPSA) is 97.0 Å². The molecule has 0 saturated carbocycles. The molecule has 1 aliphatic carbocycles. The van der Waals surface area contributed by atoms with Crippen LogP contribution in [-0.2, 0) is 22.4 Å². The smallest absolute Gasteiger partial charge is 0.255 e. The molecule has 3 amide bonds. The van der Waals surface area contributed by atoms with Gasteiger partial charge in [-0.2, -0.15) is 0 Å². The number of hydrogen-bond acceptors (Lipinski definition) is 5. The average molecular weight is 500 g/mol. The van der Waals surface area contributed by atoms with E-state index in [4.69, 9.17) is 9.47 Å². The van der Waals surface area contributed by atoms with Crippen molar-refractivity contribution in [3.8, 4) is 11.5 Å². The Hall–Kier alpha value is -4.33. The van der Waals surface area contributed by atoms with Gasteiger partial charge in [-0.05, 0) is 54.7 Å². The molecule has 8 heteroatoms. The molecular weight excluding hydrogens is 470 g/mol. The van der Waals surface area contributed by atoms with Crippen molar-refractivity contribution in [3.63, 3.8) is 0 Å². The quantitative estimate of drug-likeness (QED) is 0.501. The van der Waals surface area contributed by atoms with E-state index in [2.05, 4.69) is 22.8 Å². The van der Waals surface area contributed by atoms with E-state index in [1.54, 1.807) is 41.3 Å². The van der Waals surface area contributed by atoms with Crippen LogP contribution in [0.5, 0.6) is 11.5 Å². The molecule has 2 N–H and O–H groups in total. The van der Waals surface area contributed by atoms with Crippen LogP contribution >= 0.6 is 0 Å². The number of carbonyl (C=O) groups excluding carboxylic acids is 3. The van der Waals surface area contributed by atoms with E-state index < -0.39 is 5.92 Å². The standard InChI is InChI=1S/C29H29N3O5/c1-36-25-16-24(26(37-2)15-23(25)30-28(34)19-7-4-3-5-8-19)31-29(35)21-14-27(33)32(17-21)22-12-11-18-9-6-10-20(18)13-22/h3-5,7-8,11-13,15-16,21H,6,9-10,14,17H2,1-2H3,(H,30,34)(H,31,35). The molecule has 1 atom stereocenters. The molecule has 1 fully saturated rings. The van der Waals surface area contributed by atoms with Crippen molar-refractivity contribution in [1.82, 2.24) is 0 Å². The highest BCUT2D eigenvalue weighted by atomic mass is 16.5. The van der Waals surface area contributed by atoms with Gasteiger partial charge in [0.1, 0.15) is 11.5 Å². The maximum absolute atomic E-state index is 13.2. The van der Waals surface area contributed by atoms with E-state index in [-0.39, 0.29) is 24.1 Å². The minimum absolute atomic E-state index is 0.0679. The number of nitrogens with zero attached hydrogens (tertiary/aromatic N) is 1. The minimum atomic E-state index is -0.506. The fourth-order valence-electron chi connectivity index (χ4n) is 4.97. The molecular formula is C29H29N3O5. The summed E-state index contributed by atoms with van der Waals surface area (Å²) >= 11 is 0. The van der Waals surface area contributed by atoms with Gasteiger partial charge in [0.25, 0.3) is 5.91 Å². The van der Waals surface area contributed by atoms with Gasteiger partial charge in [-0.1, -0.05) is 24.3 Å². The molecule has 1 heterocycles. The van der Waals surface area contributed by atoms with Gasteiger partial charge in [0.05, 0.1) is 31.5 Å². The lowest BCUT2D eigenvalue weighted by Gasteiger charge is -2.19. The van der Waals surface area contributed by atoms with Crippen molar-refractivity contribution in [3.05, 3.63) is 77.4 Å². The summed E-state index contributed by atoms with van der Waals surface area (Å²) in [6.07, 6.45) is 3.37. The largest absolute Gasteiger partial charge is 0.494 e. The molecule has 1 unspecified atom stereocenters. The van der Waals surface area contributed by atoms with Crippen molar-refractivity contribution < 1.29 is 23.9 Å². The third kappa shape index (κ3) is 5.00. The predicted molar refractivity (Wildman–Crippen MR) is 141 cm³/mol. The number of benzene rings is 3. The number of carbonyl (C=O) groups is 3. The number of nitrogens with one attached hydrogen (secondary N) is 2. The number of ether oxygens (including phenoxy) is 2. The van der Waals surface area contributed by atoms with Gasteiger partial charge in [-0.15, -0.1) is 0 Å². The third-order valence-corrected chi connectivity index (χ3v) is 6.95. The summed E-state index contributed by atoms with van der Waals surface area (Å²) in [4.78, 5) is 40.3. The lowest BCUT2D eigenvalue weighted by Crippen LogP contribution is -2.28. The Morgan fingerprint density at radius 1 is 0.865 bits per heavy atom. The van der Waals surface area contributed by atoms with Crippen molar-refractivity contribution >= 4 is 34.8 Å². The maximum atomic E-state index is 13.2. The van der Waals surface area contributed by atoms with Crippen LogP contribution in [0.15, 0.2) is 60.7 Å². The summed E-state index contributed by atoms with van der Waals surface area (Å²) in [5.74, 6) is -0.428. The van der Waals surface area contributed by atoms with Crippen molar-refractivity contribution in [2.24, 2.45) is 5.92 Å². The van der Waals surface area contributed by atoms with Gasteiger partial charge in [0.15, 0.2) is 0 Å².